The van der Waals surface area contributed by atoms with Gasteiger partial charge in [0.25, 0.3) is 0 Å². The maximum atomic E-state index is 10.7. The first-order valence-electron chi connectivity index (χ1n) is 8.61. The van der Waals surface area contributed by atoms with Gasteiger partial charge in [0.1, 0.15) is 0 Å². The molecule has 0 bridgehead atoms. The molecule has 0 atom stereocenters. The summed E-state index contributed by atoms with van der Waals surface area (Å²) in [4.78, 5) is 0. The molecule has 0 saturated heterocycles. The second-order valence-corrected chi connectivity index (χ2v) is 9.57. The average Bonchev–Trinajstić information content (AvgIpc) is 2.54. The second kappa shape index (κ2) is 11.9. The molecule has 166 valence electrons. The molecule has 2 aromatic rings. The number of halogens is 4. The summed E-state index contributed by atoms with van der Waals surface area (Å²) in [7, 11) is -5.84. The van der Waals surface area contributed by atoms with Crippen LogP contribution in [0.1, 0.15) is 52.7 Å². The second-order valence-electron chi connectivity index (χ2n) is 8.15. The summed E-state index contributed by atoms with van der Waals surface area (Å²) < 4.78 is 57.5. The van der Waals surface area contributed by atoms with E-state index in [4.69, 9.17) is 13.0 Å². The van der Waals surface area contributed by atoms with Gasteiger partial charge in [-0.2, -0.15) is 21.6 Å². The van der Waals surface area contributed by atoms with Crippen LogP contribution in [0.3, 0.4) is 0 Å². The minimum absolute atomic E-state index is 0. The molecule has 3 nitrogen and oxygen atoms in total. The van der Waals surface area contributed by atoms with Gasteiger partial charge in [-0.1, -0.05) is 102 Å². The zero-order chi connectivity index (χ0) is 22.2. The van der Waals surface area contributed by atoms with Gasteiger partial charge in [-0.05, 0) is 22.0 Å². The number of alkyl halides is 3. The molecular formula is C21H30F3IO3S. The molecule has 0 aliphatic carbocycles. The largest absolute Gasteiger partial charge is 0.522 e. The van der Waals surface area contributed by atoms with Crippen molar-refractivity contribution in [3.63, 3.8) is 0 Å². The van der Waals surface area contributed by atoms with E-state index in [9.17, 15) is 13.2 Å². The van der Waals surface area contributed by atoms with Crippen LogP contribution in [0.5, 0.6) is 0 Å². The topological polar surface area (TPSA) is 54.4 Å². The molecule has 0 saturated carbocycles. The fourth-order valence-electron chi connectivity index (χ4n) is 1.88. The van der Waals surface area contributed by atoms with E-state index in [2.05, 4.69) is 102 Å². The van der Waals surface area contributed by atoms with Gasteiger partial charge in [0, 0.05) is 0 Å². The van der Waals surface area contributed by atoms with E-state index in [1.54, 1.807) is 0 Å². The SMILES string of the molecule is CC(C)(C)c1ccccc1.CC(C)(C)c1ccccc1.I.O=S(=O)(O)C(F)(F)F. The van der Waals surface area contributed by atoms with Crippen molar-refractivity contribution in [2.45, 2.75) is 57.9 Å². The Morgan fingerprint density at radius 3 is 0.966 bits per heavy atom. The van der Waals surface area contributed by atoms with Gasteiger partial charge in [0.2, 0.25) is 0 Å². The predicted molar refractivity (Wildman–Crippen MR) is 123 cm³/mol. The van der Waals surface area contributed by atoms with Crippen molar-refractivity contribution in [1.29, 1.82) is 0 Å². The highest BCUT2D eigenvalue weighted by Crippen LogP contribution is 2.22. The molecule has 0 aliphatic heterocycles. The van der Waals surface area contributed by atoms with Gasteiger partial charge in [-0.15, -0.1) is 24.0 Å². The van der Waals surface area contributed by atoms with Crippen molar-refractivity contribution >= 4 is 34.1 Å². The van der Waals surface area contributed by atoms with Crippen LogP contribution < -0.4 is 0 Å². The van der Waals surface area contributed by atoms with Crippen LogP contribution in [-0.4, -0.2) is 18.5 Å². The Morgan fingerprint density at radius 1 is 0.655 bits per heavy atom. The van der Waals surface area contributed by atoms with E-state index in [1.807, 2.05) is 0 Å². The molecule has 0 aliphatic rings. The average molecular weight is 546 g/mol. The summed E-state index contributed by atoms with van der Waals surface area (Å²) >= 11 is 0. The maximum absolute atomic E-state index is 10.7. The molecule has 2 rings (SSSR count). The van der Waals surface area contributed by atoms with Crippen molar-refractivity contribution in [2.75, 3.05) is 0 Å². The van der Waals surface area contributed by atoms with Gasteiger partial charge in [0.05, 0.1) is 0 Å². The van der Waals surface area contributed by atoms with Crippen LogP contribution in [0.2, 0.25) is 0 Å². The molecule has 0 spiro atoms. The van der Waals surface area contributed by atoms with Crippen molar-refractivity contribution in [2.24, 2.45) is 0 Å². The fraction of sp³-hybridized carbons (Fsp3) is 0.429. The molecule has 0 unspecified atom stereocenters. The van der Waals surface area contributed by atoms with Crippen LogP contribution in [0.25, 0.3) is 0 Å². The Kier molecular flexibility index (Phi) is 12.3. The van der Waals surface area contributed by atoms with Gasteiger partial charge < -0.3 is 0 Å². The summed E-state index contributed by atoms with van der Waals surface area (Å²) in [5.41, 5.74) is -2.15. The molecule has 0 fully saturated rings. The third-order valence-corrected chi connectivity index (χ3v) is 4.16. The van der Waals surface area contributed by atoms with Crippen molar-refractivity contribution < 1.29 is 26.1 Å². The van der Waals surface area contributed by atoms with Crippen LogP contribution >= 0.6 is 24.0 Å². The number of benzene rings is 2. The zero-order valence-corrected chi connectivity index (χ0v) is 20.6. The summed E-state index contributed by atoms with van der Waals surface area (Å²) in [5, 5.41) is 0. The quantitative estimate of drug-likeness (QED) is 0.220. The molecule has 0 aromatic heterocycles. The lowest BCUT2D eigenvalue weighted by atomic mass is 9.87. The standard InChI is InChI=1S/2C10H14.CHF3O3S.HI/c2*1-10(2,3)9-7-5-4-6-8-9;2-1(3,4)8(5,6)7;/h2*4-8H,1-3H3;(H,5,6,7);1H. The minimum atomic E-state index is -5.84. The van der Waals surface area contributed by atoms with Crippen LogP contribution in [0, 0.1) is 0 Å². The molecule has 29 heavy (non-hydrogen) atoms. The van der Waals surface area contributed by atoms with E-state index in [1.165, 1.54) is 11.1 Å². The Labute approximate surface area is 189 Å². The van der Waals surface area contributed by atoms with E-state index >= 15 is 0 Å². The maximum Gasteiger partial charge on any atom is 0.522 e. The first-order valence-corrected chi connectivity index (χ1v) is 10.0. The van der Waals surface area contributed by atoms with Crippen LogP contribution in [0.4, 0.5) is 13.2 Å². The zero-order valence-electron chi connectivity index (χ0n) is 17.5. The van der Waals surface area contributed by atoms with Gasteiger partial charge in [-0.25, -0.2) is 0 Å². The lowest BCUT2D eigenvalue weighted by molar-refractivity contribution is -0.0510. The summed E-state index contributed by atoms with van der Waals surface area (Å²) in [6.07, 6.45) is 0. The highest BCUT2D eigenvalue weighted by molar-refractivity contribution is 14.0. The predicted octanol–water partition coefficient (Wildman–Crippen LogP) is 6.98. The monoisotopic (exact) mass is 546 g/mol. The summed E-state index contributed by atoms with van der Waals surface area (Å²) in [6.45, 7) is 13.3. The lowest BCUT2D eigenvalue weighted by Crippen LogP contribution is -2.21. The smallest absolute Gasteiger partial charge is 0.279 e. The highest BCUT2D eigenvalue weighted by Gasteiger charge is 2.44. The first kappa shape index (κ1) is 30.1. The Morgan fingerprint density at radius 2 is 0.862 bits per heavy atom. The fourth-order valence-corrected chi connectivity index (χ4v) is 1.88. The molecule has 0 amide bonds. The Balaban J connectivity index is 0. The van der Waals surface area contributed by atoms with Crippen molar-refractivity contribution in [3.05, 3.63) is 71.8 Å². The number of hydrogen-bond donors (Lipinski definition) is 1. The van der Waals surface area contributed by atoms with E-state index in [0.717, 1.165) is 0 Å². The molecule has 2 aromatic carbocycles. The minimum Gasteiger partial charge on any atom is -0.279 e. The number of hydrogen-bond acceptors (Lipinski definition) is 2. The van der Waals surface area contributed by atoms with Crippen molar-refractivity contribution in [3.8, 4) is 0 Å². The number of rotatable bonds is 0. The molecule has 0 heterocycles. The highest BCUT2D eigenvalue weighted by atomic mass is 127. The molecular weight excluding hydrogens is 516 g/mol. The lowest BCUT2D eigenvalue weighted by Gasteiger charge is -2.18. The first-order chi connectivity index (χ1) is 12.5. The van der Waals surface area contributed by atoms with E-state index in [-0.39, 0.29) is 24.0 Å². The Hall–Kier alpha value is -1.13. The summed E-state index contributed by atoms with van der Waals surface area (Å²) in [5.74, 6) is 0. The van der Waals surface area contributed by atoms with Crippen molar-refractivity contribution in [1.82, 2.24) is 0 Å². The molecule has 0 radical (unpaired) electrons. The normalized spacial score (nSPS) is 11.8. The third kappa shape index (κ3) is 12.9. The molecule has 8 heteroatoms. The third-order valence-electron chi connectivity index (χ3n) is 3.57. The van der Waals surface area contributed by atoms with E-state index in [0.29, 0.717) is 10.8 Å². The van der Waals surface area contributed by atoms with Gasteiger partial charge in [-0.3, -0.25) is 4.55 Å². The summed E-state index contributed by atoms with van der Waals surface area (Å²) in [6, 6.07) is 21.1. The van der Waals surface area contributed by atoms with Crippen LogP contribution in [-0.2, 0) is 20.9 Å². The van der Waals surface area contributed by atoms with Crippen LogP contribution in [0.15, 0.2) is 60.7 Å². The molecule has 1 N–H and O–H groups in total. The van der Waals surface area contributed by atoms with Gasteiger partial charge >= 0.3 is 15.6 Å². The Bertz CT molecular complexity index is 744. The van der Waals surface area contributed by atoms with E-state index < -0.39 is 15.6 Å². The van der Waals surface area contributed by atoms with Gasteiger partial charge in [0.15, 0.2) is 0 Å².